The lowest BCUT2D eigenvalue weighted by atomic mass is 9.33. The maximum absolute atomic E-state index is 2.48. The summed E-state index contributed by atoms with van der Waals surface area (Å²) in [5, 5.41) is 0. The van der Waals surface area contributed by atoms with Crippen LogP contribution < -0.4 is 26.2 Å². The molecular formula is C40H31BN2. The molecule has 43 heavy (non-hydrogen) atoms. The molecule has 9 rings (SSSR count). The van der Waals surface area contributed by atoms with Gasteiger partial charge in [0.15, 0.2) is 0 Å². The zero-order valence-corrected chi connectivity index (χ0v) is 24.1. The van der Waals surface area contributed by atoms with Crippen molar-refractivity contribution in [3.05, 3.63) is 151 Å². The number of aryl methyl sites for hydroxylation is 1. The van der Waals surface area contributed by atoms with Crippen LogP contribution in [-0.4, -0.2) is 6.71 Å². The summed E-state index contributed by atoms with van der Waals surface area (Å²) in [4.78, 5) is 4.92. The topological polar surface area (TPSA) is 6.48 Å². The fraction of sp³-hybridized carbons (Fsp3) is 0.100. The molecule has 0 saturated heterocycles. The van der Waals surface area contributed by atoms with E-state index in [1.807, 2.05) is 0 Å². The first-order valence-electron chi connectivity index (χ1n) is 15.5. The normalized spacial score (nSPS) is 14.5. The van der Waals surface area contributed by atoms with Crippen LogP contribution in [0.5, 0.6) is 0 Å². The number of hydrogen-bond acceptors (Lipinski definition) is 2. The van der Waals surface area contributed by atoms with Crippen LogP contribution in [0.25, 0.3) is 11.1 Å². The summed E-state index contributed by atoms with van der Waals surface area (Å²) in [5.41, 5.74) is 17.2. The van der Waals surface area contributed by atoms with Gasteiger partial charge in [0.05, 0.1) is 0 Å². The van der Waals surface area contributed by atoms with Crippen LogP contribution in [0.15, 0.2) is 140 Å². The van der Waals surface area contributed by atoms with Crippen molar-refractivity contribution in [2.75, 3.05) is 9.80 Å². The molecule has 3 heteroatoms. The Morgan fingerprint density at radius 3 is 1.70 bits per heavy atom. The van der Waals surface area contributed by atoms with Gasteiger partial charge in [0.2, 0.25) is 0 Å². The van der Waals surface area contributed by atoms with Crippen molar-refractivity contribution in [2.45, 2.75) is 25.7 Å². The second-order valence-electron chi connectivity index (χ2n) is 12.0. The average Bonchev–Trinajstić information content (AvgIpc) is 3.08. The van der Waals surface area contributed by atoms with E-state index in [1.165, 1.54) is 92.9 Å². The van der Waals surface area contributed by atoms with Gasteiger partial charge in [-0.15, -0.1) is 0 Å². The van der Waals surface area contributed by atoms with Crippen molar-refractivity contribution >= 4 is 57.2 Å². The Bertz CT molecular complexity index is 2000. The van der Waals surface area contributed by atoms with Crippen molar-refractivity contribution in [1.29, 1.82) is 0 Å². The Labute approximate surface area is 254 Å². The molecule has 204 valence electrons. The quantitative estimate of drug-likeness (QED) is 0.204. The third kappa shape index (κ3) is 3.74. The third-order valence-corrected chi connectivity index (χ3v) is 9.65. The van der Waals surface area contributed by atoms with E-state index in [-0.39, 0.29) is 6.71 Å². The van der Waals surface area contributed by atoms with Gasteiger partial charge in [-0.25, -0.2) is 0 Å². The highest BCUT2D eigenvalue weighted by Gasteiger charge is 2.42. The molecule has 0 bridgehead atoms. The maximum Gasteiger partial charge on any atom is 0.252 e. The van der Waals surface area contributed by atoms with Crippen LogP contribution in [0.4, 0.5) is 34.1 Å². The highest BCUT2D eigenvalue weighted by atomic mass is 15.2. The van der Waals surface area contributed by atoms with Gasteiger partial charge in [0, 0.05) is 34.1 Å². The molecule has 0 aromatic heterocycles. The van der Waals surface area contributed by atoms with Crippen LogP contribution in [0.1, 0.15) is 24.0 Å². The van der Waals surface area contributed by atoms with Gasteiger partial charge >= 0.3 is 0 Å². The SMILES string of the molecule is c1ccc(N2c3ccccc3B3c4ccccc4N(c4ccc(-c5cccc6c5CCCC6)cc4)c4cccc2c43)cc1. The van der Waals surface area contributed by atoms with Crippen molar-refractivity contribution < 1.29 is 0 Å². The summed E-state index contributed by atoms with van der Waals surface area (Å²) in [5.74, 6) is 0. The summed E-state index contributed by atoms with van der Waals surface area (Å²) in [6, 6.07) is 51.7. The predicted octanol–water partition coefficient (Wildman–Crippen LogP) is 8.32. The van der Waals surface area contributed by atoms with Crippen molar-refractivity contribution in [2.24, 2.45) is 0 Å². The molecule has 0 amide bonds. The van der Waals surface area contributed by atoms with E-state index in [9.17, 15) is 0 Å². The number of benzene rings is 6. The average molecular weight is 551 g/mol. The lowest BCUT2D eigenvalue weighted by molar-refractivity contribution is 0.687. The maximum atomic E-state index is 2.48. The zero-order chi connectivity index (χ0) is 28.3. The Morgan fingerprint density at radius 2 is 1.00 bits per heavy atom. The summed E-state index contributed by atoms with van der Waals surface area (Å²) >= 11 is 0. The summed E-state index contributed by atoms with van der Waals surface area (Å²) < 4.78 is 0. The fourth-order valence-corrected chi connectivity index (χ4v) is 7.81. The van der Waals surface area contributed by atoms with Crippen LogP contribution in [-0.2, 0) is 12.8 Å². The largest absolute Gasteiger partial charge is 0.311 e. The Morgan fingerprint density at radius 1 is 0.442 bits per heavy atom. The molecule has 0 saturated carbocycles. The van der Waals surface area contributed by atoms with Crippen LogP contribution in [0.3, 0.4) is 0 Å². The molecule has 0 atom stereocenters. The molecule has 2 nitrogen and oxygen atoms in total. The summed E-state index contributed by atoms with van der Waals surface area (Å²) in [6.07, 6.45) is 4.98. The number of nitrogens with zero attached hydrogens (tertiary/aromatic N) is 2. The summed E-state index contributed by atoms with van der Waals surface area (Å²) in [6.45, 7) is 0.171. The smallest absolute Gasteiger partial charge is 0.252 e. The van der Waals surface area contributed by atoms with Gasteiger partial charge in [-0.1, -0.05) is 91.0 Å². The molecule has 0 fully saturated rings. The highest BCUT2D eigenvalue weighted by Crippen LogP contribution is 2.44. The lowest BCUT2D eigenvalue weighted by Crippen LogP contribution is -2.61. The number of para-hydroxylation sites is 3. The predicted molar refractivity (Wildman–Crippen MR) is 183 cm³/mol. The van der Waals surface area contributed by atoms with Crippen molar-refractivity contribution in [3.63, 3.8) is 0 Å². The second kappa shape index (κ2) is 9.78. The molecule has 0 N–H and O–H groups in total. The van der Waals surface area contributed by atoms with Gasteiger partial charge in [-0.2, -0.15) is 0 Å². The van der Waals surface area contributed by atoms with Crippen LogP contribution in [0, 0.1) is 0 Å². The minimum Gasteiger partial charge on any atom is -0.311 e. The van der Waals surface area contributed by atoms with E-state index in [0.717, 1.165) is 0 Å². The molecule has 2 heterocycles. The highest BCUT2D eigenvalue weighted by molar-refractivity contribution is 7.00. The molecule has 0 spiro atoms. The van der Waals surface area contributed by atoms with E-state index in [2.05, 4.69) is 149 Å². The van der Waals surface area contributed by atoms with E-state index >= 15 is 0 Å². The lowest BCUT2D eigenvalue weighted by Gasteiger charge is -2.44. The molecule has 3 aliphatic rings. The molecule has 0 unspecified atom stereocenters. The number of hydrogen-bond donors (Lipinski definition) is 0. The van der Waals surface area contributed by atoms with Crippen LogP contribution >= 0.6 is 0 Å². The summed E-state index contributed by atoms with van der Waals surface area (Å²) in [7, 11) is 0. The fourth-order valence-electron chi connectivity index (χ4n) is 7.81. The minimum absolute atomic E-state index is 0.171. The van der Waals surface area contributed by atoms with E-state index < -0.39 is 0 Å². The van der Waals surface area contributed by atoms with Crippen molar-refractivity contribution in [3.8, 4) is 11.1 Å². The Kier molecular flexibility index (Phi) is 5.59. The number of anilines is 6. The van der Waals surface area contributed by atoms with Gasteiger partial charge in [0.1, 0.15) is 0 Å². The van der Waals surface area contributed by atoms with Crippen molar-refractivity contribution in [1.82, 2.24) is 0 Å². The molecular weight excluding hydrogens is 519 g/mol. The molecule has 6 aromatic rings. The van der Waals surface area contributed by atoms with Crippen LogP contribution in [0.2, 0.25) is 0 Å². The third-order valence-electron chi connectivity index (χ3n) is 9.65. The van der Waals surface area contributed by atoms with Gasteiger partial charge in [-0.3, -0.25) is 0 Å². The first-order valence-corrected chi connectivity index (χ1v) is 15.5. The monoisotopic (exact) mass is 550 g/mol. The number of rotatable bonds is 3. The van der Waals surface area contributed by atoms with E-state index in [4.69, 9.17) is 0 Å². The first kappa shape index (κ1) is 24.6. The minimum atomic E-state index is 0.171. The van der Waals surface area contributed by atoms with E-state index in [0.29, 0.717) is 0 Å². The van der Waals surface area contributed by atoms with Gasteiger partial charge < -0.3 is 9.80 Å². The molecule has 2 aliphatic heterocycles. The molecule has 1 aliphatic carbocycles. The zero-order valence-electron chi connectivity index (χ0n) is 24.1. The Balaban J connectivity index is 1.23. The van der Waals surface area contributed by atoms with E-state index in [1.54, 1.807) is 5.56 Å². The molecule has 0 radical (unpaired) electrons. The number of fused-ring (bicyclic) bond motifs is 5. The standard InChI is InChI=1S/C40H31BN2/c1-2-14-30(15-3-1)42-36-20-8-6-18-34(36)41-35-19-7-9-21-37(35)43(39-23-11-22-38(42)40(39)41)31-26-24-29(25-27-31)33-17-10-13-28-12-4-5-16-32(28)33/h1-3,6-11,13-15,17-27H,4-5,12,16H2. The second-order valence-corrected chi connectivity index (χ2v) is 12.0. The Hall–Kier alpha value is -5.02. The van der Waals surface area contributed by atoms with Gasteiger partial charge in [-0.05, 0) is 113 Å². The van der Waals surface area contributed by atoms with Gasteiger partial charge in [0.25, 0.3) is 6.71 Å². The molecule has 6 aromatic carbocycles. The first-order chi connectivity index (χ1) is 21.4.